The van der Waals surface area contributed by atoms with E-state index in [0.717, 1.165) is 0 Å². The fourth-order valence-corrected chi connectivity index (χ4v) is 1.97. The molecule has 7 heteroatoms. The third-order valence-corrected chi connectivity index (χ3v) is 3.24. The van der Waals surface area contributed by atoms with Crippen LogP contribution in [0.3, 0.4) is 0 Å². The molecule has 2 atom stereocenters. The molecule has 0 saturated heterocycles. The molecule has 0 saturated carbocycles. The lowest BCUT2D eigenvalue weighted by Crippen LogP contribution is -2.51. The van der Waals surface area contributed by atoms with Crippen molar-refractivity contribution in [3.63, 3.8) is 0 Å². The topological polar surface area (TPSA) is 95.9 Å². The smallest absolute Gasteiger partial charge is 0.326 e. The van der Waals surface area contributed by atoms with E-state index in [1.807, 2.05) is 6.07 Å². The van der Waals surface area contributed by atoms with Crippen LogP contribution in [0, 0.1) is 0 Å². The van der Waals surface area contributed by atoms with Crippen LogP contribution in [-0.4, -0.2) is 53.0 Å². The first-order chi connectivity index (χ1) is 10.8. The van der Waals surface area contributed by atoms with Gasteiger partial charge in [0.05, 0.1) is 0 Å². The maximum atomic E-state index is 12.5. The summed E-state index contributed by atoms with van der Waals surface area (Å²) >= 11 is 0. The number of carboxylic acid groups (broad SMARTS) is 1. The minimum atomic E-state index is -1.12. The van der Waals surface area contributed by atoms with Gasteiger partial charge in [-0.25, -0.2) is 4.79 Å². The average Bonchev–Trinajstić information content (AvgIpc) is 2.51. The molecule has 0 heterocycles. The Labute approximate surface area is 135 Å². The highest BCUT2D eigenvalue weighted by Crippen LogP contribution is 2.13. The van der Waals surface area contributed by atoms with Gasteiger partial charge in [-0.1, -0.05) is 18.2 Å². The quantitative estimate of drug-likeness (QED) is 0.741. The second-order valence-electron chi connectivity index (χ2n) is 5.10. The molecular formula is C16H22N2O5. The van der Waals surface area contributed by atoms with E-state index in [-0.39, 0.29) is 19.0 Å². The zero-order valence-corrected chi connectivity index (χ0v) is 13.5. The van der Waals surface area contributed by atoms with Crippen LogP contribution >= 0.6 is 0 Å². The molecular weight excluding hydrogens is 300 g/mol. The Morgan fingerprint density at radius 2 is 1.83 bits per heavy atom. The van der Waals surface area contributed by atoms with Gasteiger partial charge in [0.25, 0.3) is 5.91 Å². The summed E-state index contributed by atoms with van der Waals surface area (Å²) in [6, 6.07) is 7.80. The van der Waals surface area contributed by atoms with Crippen LogP contribution < -0.4 is 10.1 Å². The molecule has 1 aromatic carbocycles. The monoisotopic (exact) mass is 322 g/mol. The predicted octanol–water partition coefficient (Wildman–Crippen LogP) is 0.892. The Morgan fingerprint density at radius 3 is 2.35 bits per heavy atom. The van der Waals surface area contributed by atoms with Crippen molar-refractivity contribution in [2.24, 2.45) is 0 Å². The van der Waals surface area contributed by atoms with Crippen LogP contribution in [0.5, 0.6) is 5.75 Å². The standard InChI is InChI=1S/C16H22N2O5/c1-11(16(21)22)18(10-9-17-13(3)19)15(20)12(2)23-14-7-5-4-6-8-14/h4-8,11-12H,9-10H2,1-3H3,(H,17,19)(H,21,22). The zero-order valence-electron chi connectivity index (χ0n) is 13.5. The van der Waals surface area contributed by atoms with Crippen molar-refractivity contribution in [1.82, 2.24) is 10.2 Å². The first-order valence-electron chi connectivity index (χ1n) is 7.32. The van der Waals surface area contributed by atoms with E-state index in [2.05, 4.69) is 5.32 Å². The summed E-state index contributed by atoms with van der Waals surface area (Å²) < 4.78 is 5.54. The minimum absolute atomic E-state index is 0.0916. The molecule has 7 nitrogen and oxygen atoms in total. The number of carbonyl (C=O) groups is 3. The van der Waals surface area contributed by atoms with Crippen LogP contribution in [0.15, 0.2) is 30.3 Å². The Balaban J connectivity index is 2.76. The second kappa shape index (κ2) is 8.77. The molecule has 2 N–H and O–H groups in total. The molecule has 0 spiro atoms. The van der Waals surface area contributed by atoms with E-state index in [4.69, 9.17) is 9.84 Å². The number of aliphatic carboxylic acids is 1. The fourth-order valence-electron chi connectivity index (χ4n) is 1.97. The number of hydrogen-bond donors (Lipinski definition) is 2. The lowest BCUT2D eigenvalue weighted by molar-refractivity contribution is -0.152. The molecule has 0 bridgehead atoms. The molecule has 1 rings (SSSR count). The van der Waals surface area contributed by atoms with E-state index in [1.165, 1.54) is 18.7 Å². The van der Waals surface area contributed by atoms with E-state index in [9.17, 15) is 14.4 Å². The lowest BCUT2D eigenvalue weighted by Gasteiger charge is -2.29. The summed E-state index contributed by atoms with van der Waals surface area (Å²) in [5, 5.41) is 11.7. The van der Waals surface area contributed by atoms with Crippen LogP contribution in [0.1, 0.15) is 20.8 Å². The molecule has 0 fully saturated rings. The van der Waals surface area contributed by atoms with Crippen molar-refractivity contribution in [2.75, 3.05) is 13.1 Å². The van der Waals surface area contributed by atoms with Crippen LogP contribution in [0.2, 0.25) is 0 Å². The Kier molecular flexibility index (Phi) is 7.05. The van der Waals surface area contributed by atoms with Gasteiger partial charge < -0.3 is 20.1 Å². The van der Waals surface area contributed by atoms with Crippen LogP contribution in [0.25, 0.3) is 0 Å². The Hall–Kier alpha value is -2.57. The highest BCUT2D eigenvalue weighted by atomic mass is 16.5. The number of nitrogens with zero attached hydrogens (tertiary/aromatic N) is 1. The number of amides is 2. The van der Waals surface area contributed by atoms with Crippen molar-refractivity contribution in [1.29, 1.82) is 0 Å². The molecule has 23 heavy (non-hydrogen) atoms. The summed E-state index contributed by atoms with van der Waals surface area (Å²) in [7, 11) is 0. The first-order valence-corrected chi connectivity index (χ1v) is 7.32. The summed E-state index contributed by atoms with van der Waals surface area (Å²) in [5.41, 5.74) is 0. The fraction of sp³-hybridized carbons (Fsp3) is 0.438. The van der Waals surface area contributed by atoms with Gasteiger partial charge in [0, 0.05) is 20.0 Å². The van der Waals surface area contributed by atoms with Gasteiger partial charge >= 0.3 is 5.97 Å². The number of para-hydroxylation sites is 1. The number of nitrogens with one attached hydrogen (secondary N) is 1. The van der Waals surface area contributed by atoms with E-state index < -0.39 is 24.0 Å². The third-order valence-electron chi connectivity index (χ3n) is 3.24. The second-order valence-corrected chi connectivity index (χ2v) is 5.10. The SMILES string of the molecule is CC(=O)NCCN(C(=O)C(C)Oc1ccccc1)C(C)C(=O)O. The van der Waals surface area contributed by atoms with Crippen molar-refractivity contribution in [3.8, 4) is 5.75 Å². The van der Waals surface area contributed by atoms with Gasteiger partial charge in [0.1, 0.15) is 11.8 Å². The zero-order chi connectivity index (χ0) is 17.4. The van der Waals surface area contributed by atoms with Crippen LogP contribution in [-0.2, 0) is 14.4 Å². The Bertz CT molecular complexity index is 547. The van der Waals surface area contributed by atoms with E-state index in [0.29, 0.717) is 5.75 Å². The molecule has 1 aromatic rings. The maximum Gasteiger partial charge on any atom is 0.326 e. The molecule has 0 aliphatic heterocycles. The number of carboxylic acids is 1. The minimum Gasteiger partial charge on any atom is -0.481 e. The van der Waals surface area contributed by atoms with Gasteiger partial charge in [-0.15, -0.1) is 0 Å². The average molecular weight is 322 g/mol. The van der Waals surface area contributed by atoms with Crippen molar-refractivity contribution in [3.05, 3.63) is 30.3 Å². The normalized spacial score (nSPS) is 12.8. The van der Waals surface area contributed by atoms with Crippen LogP contribution in [0.4, 0.5) is 0 Å². The third kappa shape index (κ3) is 5.98. The van der Waals surface area contributed by atoms with Crippen molar-refractivity contribution < 1.29 is 24.2 Å². The highest BCUT2D eigenvalue weighted by Gasteiger charge is 2.29. The van der Waals surface area contributed by atoms with Gasteiger partial charge in [-0.05, 0) is 26.0 Å². The lowest BCUT2D eigenvalue weighted by atomic mass is 10.2. The molecule has 0 radical (unpaired) electrons. The molecule has 0 aromatic heterocycles. The summed E-state index contributed by atoms with van der Waals surface area (Å²) in [5.74, 6) is -1.28. The number of ether oxygens (including phenoxy) is 1. The van der Waals surface area contributed by atoms with E-state index in [1.54, 1.807) is 31.2 Å². The van der Waals surface area contributed by atoms with Gasteiger partial charge in [0.2, 0.25) is 5.91 Å². The number of rotatable bonds is 8. The van der Waals surface area contributed by atoms with Crippen molar-refractivity contribution >= 4 is 17.8 Å². The van der Waals surface area contributed by atoms with Gasteiger partial charge in [-0.3, -0.25) is 9.59 Å². The highest BCUT2D eigenvalue weighted by molar-refractivity contribution is 5.86. The number of benzene rings is 1. The number of carbonyl (C=O) groups excluding carboxylic acids is 2. The molecule has 2 unspecified atom stereocenters. The molecule has 126 valence electrons. The molecule has 0 aliphatic carbocycles. The summed E-state index contributed by atoms with van der Waals surface area (Å²) in [4.78, 5) is 35.8. The summed E-state index contributed by atoms with van der Waals surface area (Å²) in [6.45, 7) is 4.61. The van der Waals surface area contributed by atoms with Gasteiger partial charge in [0.15, 0.2) is 6.10 Å². The van der Waals surface area contributed by atoms with Crippen molar-refractivity contribution in [2.45, 2.75) is 32.9 Å². The molecule has 0 aliphatic rings. The maximum absolute atomic E-state index is 12.5. The Morgan fingerprint density at radius 1 is 1.22 bits per heavy atom. The first kappa shape index (κ1) is 18.5. The largest absolute Gasteiger partial charge is 0.481 e. The molecule has 2 amide bonds. The summed E-state index contributed by atoms with van der Waals surface area (Å²) in [6.07, 6.45) is -0.837. The number of hydrogen-bond acceptors (Lipinski definition) is 4. The van der Waals surface area contributed by atoms with E-state index >= 15 is 0 Å². The predicted molar refractivity (Wildman–Crippen MR) is 84.0 cm³/mol. The van der Waals surface area contributed by atoms with Gasteiger partial charge in [-0.2, -0.15) is 0 Å².